The first-order valence-electron chi connectivity index (χ1n) is 8.96. The molecular formula is C18H38N2O. The van der Waals surface area contributed by atoms with Crippen LogP contribution in [-0.4, -0.2) is 51.8 Å². The van der Waals surface area contributed by atoms with E-state index >= 15 is 0 Å². The highest BCUT2D eigenvalue weighted by atomic mass is 16.5. The van der Waals surface area contributed by atoms with Gasteiger partial charge in [-0.15, -0.1) is 0 Å². The van der Waals surface area contributed by atoms with E-state index < -0.39 is 0 Å². The minimum atomic E-state index is 0.482. The van der Waals surface area contributed by atoms with Crippen molar-refractivity contribution in [3.8, 4) is 0 Å². The highest BCUT2D eigenvalue weighted by Gasteiger charge is 2.31. The van der Waals surface area contributed by atoms with Crippen LogP contribution in [0.15, 0.2) is 0 Å². The van der Waals surface area contributed by atoms with Crippen molar-refractivity contribution in [2.24, 2.45) is 11.3 Å². The molecule has 0 heterocycles. The zero-order chi connectivity index (χ0) is 15.6. The van der Waals surface area contributed by atoms with Crippen molar-refractivity contribution in [3.63, 3.8) is 0 Å². The Morgan fingerprint density at radius 2 is 1.81 bits per heavy atom. The van der Waals surface area contributed by atoms with Crippen molar-refractivity contribution in [1.29, 1.82) is 0 Å². The van der Waals surface area contributed by atoms with Gasteiger partial charge in [-0.2, -0.15) is 0 Å². The number of rotatable bonds is 10. The van der Waals surface area contributed by atoms with Gasteiger partial charge in [-0.05, 0) is 44.2 Å². The van der Waals surface area contributed by atoms with Gasteiger partial charge in [0.1, 0.15) is 0 Å². The lowest BCUT2D eigenvalue weighted by atomic mass is 9.79. The van der Waals surface area contributed by atoms with Crippen molar-refractivity contribution in [2.45, 2.75) is 58.8 Å². The molecule has 0 radical (unpaired) electrons. The average molecular weight is 299 g/mol. The van der Waals surface area contributed by atoms with Crippen molar-refractivity contribution >= 4 is 0 Å². The van der Waals surface area contributed by atoms with Crippen molar-refractivity contribution in [2.75, 3.05) is 46.9 Å². The Hall–Kier alpha value is -0.120. The molecule has 0 unspecified atom stereocenters. The predicted molar refractivity (Wildman–Crippen MR) is 91.8 cm³/mol. The van der Waals surface area contributed by atoms with E-state index in [1.807, 2.05) is 0 Å². The summed E-state index contributed by atoms with van der Waals surface area (Å²) in [6.07, 6.45) is 9.75. The fraction of sp³-hybridized carbons (Fsp3) is 1.00. The first-order chi connectivity index (χ1) is 10.1. The summed E-state index contributed by atoms with van der Waals surface area (Å²) in [6.45, 7) is 10.1. The van der Waals surface area contributed by atoms with E-state index in [1.54, 1.807) is 7.11 Å². The van der Waals surface area contributed by atoms with E-state index in [1.165, 1.54) is 58.0 Å². The Kier molecular flexibility index (Phi) is 9.54. The minimum Gasteiger partial charge on any atom is -0.383 e. The van der Waals surface area contributed by atoms with E-state index in [0.717, 1.165) is 25.6 Å². The summed E-state index contributed by atoms with van der Waals surface area (Å²) in [7, 11) is 4.09. The fourth-order valence-corrected chi connectivity index (χ4v) is 3.53. The van der Waals surface area contributed by atoms with Crippen LogP contribution in [0.4, 0.5) is 0 Å². The second kappa shape index (κ2) is 10.6. The van der Waals surface area contributed by atoms with Crippen LogP contribution in [0, 0.1) is 11.3 Å². The van der Waals surface area contributed by atoms with E-state index in [4.69, 9.17) is 4.74 Å². The lowest BCUT2D eigenvalue weighted by Gasteiger charge is -2.37. The second-order valence-corrected chi connectivity index (χ2v) is 7.50. The van der Waals surface area contributed by atoms with Crippen LogP contribution in [0.2, 0.25) is 0 Å². The number of nitrogens with one attached hydrogen (secondary N) is 1. The third-order valence-corrected chi connectivity index (χ3v) is 4.84. The first kappa shape index (κ1) is 18.9. The summed E-state index contributed by atoms with van der Waals surface area (Å²) >= 11 is 0. The first-order valence-corrected chi connectivity index (χ1v) is 8.96. The maximum absolute atomic E-state index is 5.16. The average Bonchev–Trinajstić information content (AvgIpc) is 2.67. The molecule has 0 bridgehead atoms. The summed E-state index contributed by atoms with van der Waals surface area (Å²) in [5.74, 6) is 0.803. The molecule has 126 valence electrons. The lowest BCUT2D eigenvalue weighted by Crippen LogP contribution is -2.44. The number of hydrogen-bond acceptors (Lipinski definition) is 3. The molecule has 3 heteroatoms. The highest BCUT2D eigenvalue weighted by molar-refractivity contribution is 4.86. The number of hydrogen-bond donors (Lipinski definition) is 1. The molecule has 0 aromatic heterocycles. The monoisotopic (exact) mass is 298 g/mol. The smallest absolute Gasteiger partial charge is 0.0587 e. The molecule has 0 atom stereocenters. The Labute approximate surface area is 132 Å². The summed E-state index contributed by atoms with van der Waals surface area (Å²) in [5, 5.41) is 3.64. The molecule has 0 aromatic carbocycles. The summed E-state index contributed by atoms with van der Waals surface area (Å²) in [4.78, 5) is 2.57. The third kappa shape index (κ3) is 8.18. The normalized spacial score (nSPS) is 19.1. The molecule has 1 N–H and O–H groups in total. The Morgan fingerprint density at radius 3 is 2.38 bits per heavy atom. The molecule has 0 spiro atoms. The zero-order valence-electron chi connectivity index (χ0n) is 14.9. The van der Waals surface area contributed by atoms with Gasteiger partial charge < -0.3 is 15.0 Å². The van der Waals surface area contributed by atoms with Gasteiger partial charge >= 0.3 is 0 Å². The van der Waals surface area contributed by atoms with Crippen molar-refractivity contribution in [3.05, 3.63) is 0 Å². The summed E-state index contributed by atoms with van der Waals surface area (Å²) in [6, 6.07) is 0. The zero-order valence-corrected chi connectivity index (χ0v) is 14.9. The van der Waals surface area contributed by atoms with Gasteiger partial charge in [0.15, 0.2) is 0 Å². The van der Waals surface area contributed by atoms with E-state index in [-0.39, 0.29) is 0 Å². The van der Waals surface area contributed by atoms with Gasteiger partial charge in [-0.3, -0.25) is 0 Å². The lowest BCUT2D eigenvalue weighted by molar-refractivity contribution is 0.135. The molecule has 21 heavy (non-hydrogen) atoms. The minimum absolute atomic E-state index is 0.482. The highest BCUT2D eigenvalue weighted by Crippen LogP contribution is 2.35. The van der Waals surface area contributed by atoms with Gasteiger partial charge in [-0.1, -0.05) is 39.5 Å². The molecule has 1 saturated carbocycles. The van der Waals surface area contributed by atoms with Crippen LogP contribution in [0.1, 0.15) is 58.8 Å². The predicted octanol–water partition coefficient (Wildman–Crippen LogP) is 3.54. The van der Waals surface area contributed by atoms with Crippen LogP contribution in [0.5, 0.6) is 0 Å². The van der Waals surface area contributed by atoms with Gasteiger partial charge in [0.2, 0.25) is 0 Å². The maximum atomic E-state index is 5.16. The van der Waals surface area contributed by atoms with Crippen molar-refractivity contribution < 1.29 is 4.74 Å². The molecular weight excluding hydrogens is 260 g/mol. The Bertz CT molecular complexity index is 248. The van der Waals surface area contributed by atoms with E-state index in [9.17, 15) is 0 Å². The molecule has 1 rings (SSSR count). The molecule has 3 nitrogen and oxygen atoms in total. The maximum Gasteiger partial charge on any atom is 0.0587 e. The quantitative estimate of drug-likeness (QED) is 0.493. The molecule has 0 aliphatic heterocycles. The molecule has 0 amide bonds. The molecule has 0 aromatic rings. The molecule has 1 fully saturated rings. The largest absolute Gasteiger partial charge is 0.383 e. The van der Waals surface area contributed by atoms with Gasteiger partial charge in [-0.25, -0.2) is 0 Å². The topological polar surface area (TPSA) is 24.5 Å². The number of methoxy groups -OCH3 is 1. The van der Waals surface area contributed by atoms with Gasteiger partial charge in [0, 0.05) is 26.7 Å². The van der Waals surface area contributed by atoms with Crippen LogP contribution in [-0.2, 0) is 4.74 Å². The Morgan fingerprint density at radius 1 is 1.14 bits per heavy atom. The summed E-state index contributed by atoms with van der Waals surface area (Å²) < 4.78 is 5.16. The standard InChI is InChI=1S/C18H38N2O/c1-17(2)9-13-20(3)16-18(15-19-12-14-21-4)10-7-5-6-8-11-18/h17,19H,5-16H2,1-4H3. The van der Waals surface area contributed by atoms with Crippen LogP contribution in [0.25, 0.3) is 0 Å². The van der Waals surface area contributed by atoms with E-state index in [2.05, 4.69) is 31.1 Å². The van der Waals surface area contributed by atoms with Crippen molar-refractivity contribution in [1.82, 2.24) is 10.2 Å². The number of nitrogens with zero attached hydrogens (tertiary/aromatic N) is 1. The van der Waals surface area contributed by atoms with Crippen LogP contribution >= 0.6 is 0 Å². The van der Waals surface area contributed by atoms with Crippen LogP contribution in [0.3, 0.4) is 0 Å². The Balaban J connectivity index is 2.49. The van der Waals surface area contributed by atoms with Gasteiger partial charge in [0.05, 0.1) is 6.61 Å². The van der Waals surface area contributed by atoms with Crippen LogP contribution < -0.4 is 5.32 Å². The second-order valence-electron chi connectivity index (χ2n) is 7.50. The fourth-order valence-electron chi connectivity index (χ4n) is 3.53. The SMILES string of the molecule is COCCNCC1(CN(C)CCC(C)C)CCCCCC1. The molecule has 1 aliphatic carbocycles. The number of ether oxygens (including phenoxy) is 1. The van der Waals surface area contributed by atoms with Gasteiger partial charge in [0.25, 0.3) is 0 Å². The molecule has 1 aliphatic rings. The third-order valence-electron chi connectivity index (χ3n) is 4.84. The van der Waals surface area contributed by atoms with E-state index in [0.29, 0.717) is 5.41 Å². The summed E-state index contributed by atoms with van der Waals surface area (Å²) in [5.41, 5.74) is 0.482. The molecule has 0 saturated heterocycles.